The van der Waals surface area contributed by atoms with Crippen LogP contribution < -0.4 is 15.4 Å². The molecule has 2 N–H and O–H groups in total. The second-order valence-corrected chi connectivity index (χ2v) is 3.49. The van der Waals surface area contributed by atoms with Gasteiger partial charge in [0.15, 0.2) is 0 Å². The van der Waals surface area contributed by atoms with Crippen molar-refractivity contribution in [2.75, 3.05) is 25.7 Å². The zero-order chi connectivity index (χ0) is 10.7. The molecular weight excluding hydrogens is 176 g/mol. The fourth-order valence-corrected chi connectivity index (χ4v) is 1.58. The number of benzene rings is 1. The highest BCUT2D eigenvalue weighted by Crippen LogP contribution is 2.27. The molecule has 0 spiro atoms. The molecule has 0 unspecified atom stereocenters. The Morgan fingerprint density at radius 2 is 1.79 bits per heavy atom. The van der Waals surface area contributed by atoms with Crippen LogP contribution in [-0.4, -0.2) is 20.8 Å². The monoisotopic (exact) mass is 194 g/mol. The zero-order valence-corrected chi connectivity index (χ0v) is 9.29. The van der Waals surface area contributed by atoms with Gasteiger partial charge in [-0.15, -0.1) is 0 Å². The Kier molecular flexibility index (Phi) is 3.36. The normalized spacial score (nSPS) is 10.1. The summed E-state index contributed by atoms with van der Waals surface area (Å²) in [4.78, 5) is 2.00. The number of nitrogens with two attached hydrogens (primary N) is 1. The van der Waals surface area contributed by atoms with Crippen molar-refractivity contribution in [3.63, 3.8) is 0 Å². The lowest BCUT2D eigenvalue weighted by Gasteiger charge is -2.19. The lowest BCUT2D eigenvalue weighted by molar-refractivity contribution is 0.408. The number of hydrogen-bond donors (Lipinski definition) is 1. The van der Waals surface area contributed by atoms with Crippen LogP contribution in [0.1, 0.15) is 11.1 Å². The van der Waals surface area contributed by atoms with Crippen LogP contribution in [0.4, 0.5) is 5.69 Å². The van der Waals surface area contributed by atoms with Crippen LogP contribution in [0.25, 0.3) is 0 Å². The third-order valence-corrected chi connectivity index (χ3v) is 2.36. The van der Waals surface area contributed by atoms with Crippen molar-refractivity contribution >= 4 is 5.69 Å². The lowest BCUT2D eigenvalue weighted by atomic mass is 10.1. The Balaban J connectivity index is 3.13. The molecule has 1 aromatic carbocycles. The molecule has 1 rings (SSSR count). The van der Waals surface area contributed by atoms with E-state index in [9.17, 15) is 0 Å². The summed E-state index contributed by atoms with van der Waals surface area (Å²) in [6.45, 7) is 4.60. The van der Waals surface area contributed by atoms with Gasteiger partial charge in [0.2, 0.25) is 0 Å². The van der Waals surface area contributed by atoms with Gasteiger partial charge in [-0.2, -0.15) is 0 Å². The van der Waals surface area contributed by atoms with Gasteiger partial charge in [0.1, 0.15) is 5.75 Å². The Bertz CT molecular complexity index is 300. The predicted octanol–water partition coefficient (Wildman–Crippen LogP) is 1.66. The van der Waals surface area contributed by atoms with Crippen LogP contribution in [0.3, 0.4) is 0 Å². The van der Waals surface area contributed by atoms with Crippen LogP contribution in [0.2, 0.25) is 0 Å². The number of rotatable bonds is 3. The van der Waals surface area contributed by atoms with E-state index in [0.29, 0.717) is 6.67 Å². The van der Waals surface area contributed by atoms with Gasteiger partial charge in [-0.1, -0.05) is 0 Å². The van der Waals surface area contributed by atoms with Gasteiger partial charge >= 0.3 is 0 Å². The Hall–Kier alpha value is -1.22. The Labute approximate surface area is 85.5 Å². The SMILES string of the molecule is COc1c(C)cc(N(C)CN)cc1C. The molecule has 0 aliphatic carbocycles. The van der Waals surface area contributed by atoms with E-state index in [-0.39, 0.29) is 0 Å². The zero-order valence-electron chi connectivity index (χ0n) is 9.29. The summed E-state index contributed by atoms with van der Waals surface area (Å²) in [6.07, 6.45) is 0. The highest BCUT2D eigenvalue weighted by atomic mass is 16.5. The first-order valence-corrected chi connectivity index (χ1v) is 4.66. The summed E-state index contributed by atoms with van der Waals surface area (Å²) in [5.74, 6) is 0.958. The molecule has 0 atom stereocenters. The van der Waals surface area contributed by atoms with E-state index >= 15 is 0 Å². The van der Waals surface area contributed by atoms with Crippen LogP contribution >= 0.6 is 0 Å². The van der Waals surface area contributed by atoms with E-state index in [2.05, 4.69) is 12.1 Å². The largest absolute Gasteiger partial charge is 0.496 e. The number of ether oxygens (including phenoxy) is 1. The average Bonchev–Trinajstić information content (AvgIpc) is 2.16. The molecule has 0 aromatic heterocycles. The fraction of sp³-hybridized carbons (Fsp3) is 0.455. The van der Waals surface area contributed by atoms with Crippen LogP contribution in [0.5, 0.6) is 5.75 Å². The van der Waals surface area contributed by atoms with E-state index in [0.717, 1.165) is 22.6 Å². The van der Waals surface area contributed by atoms with Crippen molar-refractivity contribution in [1.82, 2.24) is 0 Å². The highest BCUT2D eigenvalue weighted by molar-refractivity contribution is 5.56. The minimum Gasteiger partial charge on any atom is -0.496 e. The second-order valence-electron chi connectivity index (χ2n) is 3.49. The minimum absolute atomic E-state index is 0.519. The summed E-state index contributed by atoms with van der Waals surface area (Å²) in [5, 5.41) is 0. The minimum atomic E-state index is 0.519. The molecule has 3 heteroatoms. The molecule has 0 amide bonds. The molecule has 78 valence electrons. The van der Waals surface area contributed by atoms with Gasteiger partial charge in [-0.25, -0.2) is 0 Å². The molecular formula is C11H18N2O. The molecule has 0 aliphatic heterocycles. The van der Waals surface area contributed by atoms with E-state index < -0.39 is 0 Å². The molecule has 0 aliphatic rings. The topological polar surface area (TPSA) is 38.5 Å². The van der Waals surface area contributed by atoms with Gasteiger partial charge in [-0.3, -0.25) is 0 Å². The van der Waals surface area contributed by atoms with Crippen LogP contribution in [0.15, 0.2) is 12.1 Å². The predicted molar refractivity (Wildman–Crippen MR) is 59.9 cm³/mol. The summed E-state index contributed by atoms with van der Waals surface area (Å²) < 4.78 is 5.29. The number of nitrogens with zero attached hydrogens (tertiary/aromatic N) is 1. The van der Waals surface area contributed by atoms with Crippen LogP contribution in [0, 0.1) is 13.8 Å². The molecule has 0 radical (unpaired) electrons. The van der Waals surface area contributed by atoms with E-state index in [1.54, 1.807) is 7.11 Å². The van der Waals surface area contributed by atoms with E-state index in [1.165, 1.54) is 0 Å². The van der Waals surface area contributed by atoms with Crippen molar-refractivity contribution < 1.29 is 4.74 Å². The van der Waals surface area contributed by atoms with Crippen molar-refractivity contribution in [3.8, 4) is 5.75 Å². The molecule has 0 bridgehead atoms. The van der Waals surface area contributed by atoms with Crippen molar-refractivity contribution in [2.45, 2.75) is 13.8 Å². The molecule has 0 saturated heterocycles. The maximum atomic E-state index is 5.57. The first-order valence-electron chi connectivity index (χ1n) is 4.66. The third-order valence-electron chi connectivity index (χ3n) is 2.36. The number of hydrogen-bond acceptors (Lipinski definition) is 3. The molecule has 1 aromatic rings. The summed E-state index contributed by atoms with van der Waals surface area (Å²) in [6, 6.07) is 4.16. The quantitative estimate of drug-likeness (QED) is 0.744. The molecule has 0 heterocycles. The number of aryl methyl sites for hydroxylation is 2. The van der Waals surface area contributed by atoms with Gasteiger partial charge < -0.3 is 15.4 Å². The van der Waals surface area contributed by atoms with Gasteiger partial charge in [0.25, 0.3) is 0 Å². The van der Waals surface area contributed by atoms with Crippen LogP contribution in [-0.2, 0) is 0 Å². The average molecular weight is 194 g/mol. The number of anilines is 1. The first-order chi connectivity index (χ1) is 6.60. The maximum Gasteiger partial charge on any atom is 0.124 e. The summed E-state index contributed by atoms with van der Waals surface area (Å²) in [7, 11) is 3.67. The molecule has 0 saturated carbocycles. The third kappa shape index (κ3) is 1.99. The van der Waals surface area contributed by atoms with Gasteiger partial charge in [0, 0.05) is 12.7 Å². The van der Waals surface area contributed by atoms with E-state index in [1.807, 2.05) is 25.8 Å². The van der Waals surface area contributed by atoms with Crippen molar-refractivity contribution in [3.05, 3.63) is 23.3 Å². The Morgan fingerprint density at radius 3 is 2.14 bits per heavy atom. The molecule has 3 nitrogen and oxygen atoms in total. The highest BCUT2D eigenvalue weighted by Gasteiger charge is 2.06. The van der Waals surface area contributed by atoms with Crippen molar-refractivity contribution in [2.24, 2.45) is 5.73 Å². The molecule has 14 heavy (non-hydrogen) atoms. The summed E-state index contributed by atoms with van der Waals surface area (Å²) >= 11 is 0. The maximum absolute atomic E-state index is 5.57. The lowest BCUT2D eigenvalue weighted by Crippen LogP contribution is -2.25. The second kappa shape index (κ2) is 4.33. The standard InChI is InChI=1S/C11H18N2O/c1-8-5-10(13(3)7-12)6-9(2)11(8)14-4/h5-6H,7,12H2,1-4H3. The van der Waals surface area contributed by atoms with Crippen molar-refractivity contribution in [1.29, 1.82) is 0 Å². The smallest absolute Gasteiger partial charge is 0.124 e. The number of methoxy groups -OCH3 is 1. The Morgan fingerprint density at radius 1 is 1.29 bits per heavy atom. The van der Waals surface area contributed by atoms with Gasteiger partial charge in [-0.05, 0) is 37.1 Å². The van der Waals surface area contributed by atoms with Gasteiger partial charge in [0.05, 0.1) is 13.8 Å². The first kappa shape index (κ1) is 10.9. The fourth-order valence-electron chi connectivity index (χ4n) is 1.58. The summed E-state index contributed by atoms with van der Waals surface area (Å²) in [5.41, 5.74) is 8.98. The van der Waals surface area contributed by atoms with E-state index in [4.69, 9.17) is 10.5 Å². The molecule has 0 fully saturated rings.